The highest BCUT2D eigenvalue weighted by Gasteiger charge is 2.46. The molecule has 2 aromatic rings. The Morgan fingerprint density at radius 3 is 2.70 bits per heavy atom. The molecule has 158 valence electrons. The van der Waals surface area contributed by atoms with Gasteiger partial charge in [-0.25, -0.2) is 9.97 Å². The minimum absolute atomic E-state index is 0.0972. The van der Waals surface area contributed by atoms with Crippen molar-refractivity contribution in [3.05, 3.63) is 51.2 Å². The van der Waals surface area contributed by atoms with E-state index >= 15 is 0 Å². The molecule has 8 nitrogen and oxygen atoms in total. The van der Waals surface area contributed by atoms with Crippen LogP contribution in [0.15, 0.2) is 29.3 Å². The molecule has 0 radical (unpaired) electrons. The van der Waals surface area contributed by atoms with Gasteiger partial charge in [0.1, 0.15) is 11.6 Å². The van der Waals surface area contributed by atoms with E-state index in [4.69, 9.17) is 4.74 Å². The SMILES string of the molecule is Cc1ncc(C(O)=C2C(=O)C(=O)N(CCN3CCOCC3)C2c2cccs2)c(C)n1. The molecule has 0 aliphatic carbocycles. The van der Waals surface area contributed by atoms with E-state index in [1.165, 1.54) is 17.5 Å². The number of aliphatic hydroxyl groups is 1. The van der Waals surface area contributed by atoms with Crippen LogP contribution in [0.5, 0.6) is 0 Å². The highest BCUT2D eigenvalue weighted by atomic mass is 32.1. The van der Waals surface area contributed by atoms with E-state index < -0.39 is 17.7 Å². The summed E-state index contributed by atoms with van der Waals surface area (Å²) < 4.78 is 5.38. The number of hydrogen-bond donors (Lipinski definition) is 1. The Balaban J connectivity index is 1.71. The first-order valence-corrected chi connectivity index (χ1v) is 10.8. The lowest BCUT2D eigenvalue weighted by Crippen LogP contribution is -2.42. The molecule has 0 spiro atoms. The van der Waals surface area contributed by atoms with Gasteiger partial charge in [-0.15, -0.1) is 11.3 Å². The molecule has 9 heteroatoms. The van der Waals surface area contributed by atoms with Crippen LogP contribution in [0, 0.1) is 13.8 Å². The second-order valence-electron chi connectivity index (χ2n) is 7.38. The number of ketones is 1. The van der Waals surface area contributed by atoms with Crippen molar-refractivity contribution in [1.82, 2.24) is 19.8 Å². The minimum Gasteiger partial charge on any atom is -0.507 e. The first-order valence-electron chi connectivity index (χ1n) is 9.90. The first kappa shape index (κ1) is 20.6. The summed E-state index contributed by atoms with van der Waals surface area (Å²) in [6.45, 7) is 7.48. The molecule has 0 aromatic carbocycles. The summed E-state index contributed by atoms with van der Waals surface area (Å²) in [5.41, 5.74) is 1.03. The molecule has 1 atom stereocenters. The number of aliphatic hydroxyl groups excluding tert-OH is 1. The molecular formula is C21H24N4O4S. The fraction of sp³-hybridized carbons (Fsp3) is 0.429. The number of ether oxygens (including phenoxy) is 1. The van der Waals surface area contributed by atoms with E-state index in [9.17, 15) is 14.7 Å². The number of morpholine rings is 1. The quantitative estimate of drug-likeness (QED) is 0.441. The molecule has 0 bridgehead atoms. The van der Waals surface area contributed by atoms with Crippen molar-refractivity contribution in [2.75, 3.05) is 39.4 Å². The number of aryl methyl sites for hydroxylation is 2. The summed E-state index contributed by atoms with van der Waals surface area (Å²) >= 11 is 1.46. The second kappa shape index (κ2) is 8.63. The third-order valence-corrected chi connectivity index (χ3v) is 6.39. The van der Waals surface area contributed by atoms with Gasteiger partial charge in [-0.1, -0.05) is 6.07 Å². The number of thiophene rings is 1. The third-order valence-electron chi connectivity index (χ3n) is 5.47. The highest BCUT2D eigenvalue weighted by Crippen LogP contribution is 2.41. The van der Waals surface area contributed by atoms with Crippen LogP contribution in [0.2, 0.25) is 0 Å². The molecule has 0 saturated carbocycles. The molecule has 4 rings (SSSR count). The maximum Gasteiger partial charge on any atom is 0.295 e. The van der Waals surface area contributed by atoms with Crippen molar-refractivity contribution in [2.24, 2.45) is 0 Å². The number of likely N-dealkylation sites (tertiary alicyclic amines) is 1. The number of Topliss-reactive ketones (excluding diaryl/α,β-unsaturated/α-hetero) is 1. The van der Waals surface area contributed by atoms with Crippen molar-refractivity contribution in [2.45, 2.75) is 19.9 Å². The maximum atomic E-state index is 13.0. The zero-order chi connectivity index (χ0) is 21.3. The molecule has 1 N–H and O–H groups in total. The smallest absolute Gasteiger partial charge is 0.295 e. The van der Waals surface area contributed by atoms with Gasteiger partial charge in [0.2, 0.25) is 0 Å². The largest absolute Gasteiger partial charge is 0.507 e. The van der Waals surface area contributed by atoms with Crippen LogP contribution < -0.4 is 0 Å². The summed E-state index contributed by atoms with van der Waals surface area (Å²) in [7, 11) is 0. The summed E-state index contributed by atoms with van der Waals surface area (Å²) in [5, 5.41) is 13.0. The number of amides is 1. The van der Waals surface area contributed by atoms with Gasteiger partial charge in [-0.2, -0.15) is 0 Å². The Bertz CT molecular complexity index is 983. The van der Waals surface area contributed by atoms with Crippen LogP contribution in [-0.2, 0) is 14.3 Å². The minimum atomic E-state index is -0.673. The van der Waals surface area contributed by atoms with Crippen molar-refractivity contribution < 1.29 is 19.4 Å². The fourth-order valence-corrected chi connectivity index (χ4v) is 4.73. The Labute approximate surface area is 178 Å². The first-order chi connectivity index (χ1) is 14.5. The van der Waals surface area contributed by atoms with Crippen molar-refractivity contribution >= 4 is 28.8 Å². The van der Waals surface area contributed by atoms with Gasteiger partial charge in [0.05, 0.1) is 36.1 Å². The van der Waals surface area contributed by atoms with Gasteiger partial charge in [-0.05, 0) is 25.3 Å². The average Bonchev–Trinajstić information content (AvgIpc) is 3.34. The van der Waals surface area contributed by atoms with Crippen LogP contribution in [0.1, 0.15) is 28.0 Å². The van der Waals surface area contributed by atoms with Crippen molar-refractivity contribution in [3.8, 4) is 0 Å². The molecule has 2 fully saturated rings. The van der Waals surface area contributed by atoms with Gasteiger partial charge in [0.15, 0.2) is 0 Å². The number of rotatable bonds is 5. The van der Waals surface area contributed by atoms with Crippen LogP contribution in [0.4, 0.5) is 0 Å². The number of carbonyl (C=O) groups excluding carboxylic acids is 2. The lowest BCUT2D eigenvalue weighted by atomic mass is 10.00. The summed E-state index contributed by atoms with van der Waals surface area (Å²) in [6.07, 6.45) is 1.50. The zero-order valence-electron chi connectivity index (χ0n) is 17.0. The number of aromatic nitrogens is 2. The molecule has 1 amide bonds. The summed E-state index contributed by atoms with van der Waals surface area (Å²) in [6, 6.07) is 3.14. The lowest BCUT2D eigenvalue weighted by Gasteiger charge is -2.30. The van der Waals surface area contributed by atoms with E-state index in [0.717, 1.165) is 18.0 Å². The molecule has 2 aliphatic rings. The van der Waals surface area contributed by atoms with E-state index in [2.05, 4.69) is 14.9 Å². The van der Waals surface area contributed by atoms with Crippen LogP contribution >= 0.6 is 11.3 Å². The number of carbonyl (C=O) groups is 2. The van der Waals surface area contributed by atoms with Crippen LogP contribution in [0.3, 0.4) is 0 Å². The predicted molar refractivity (Wildman–Crippen MR) is 112 cm³/mol. The van der Waals surface area contributed by atoms with Crippen LogP contribution in [-0.4, -0.2) is 76.0 Å². The maximum absolute atomic E-state index is 13.0. The van der Waals surface area contributed by atoms with Gasteiger partial charge >= 0.3 is 0 Å². The third kappa shape index (κ3) is 3.88. The predicted octanol–water partition coefficient (Wildman–Crippen LogP) is 1.91. The normalized spacial score (nSPS) is 22.1. The molecule has 2 aliphatic heterocycles. The molecule has 30 heavy (non-hydrogen) atoms. The fourth-order valence-electron chi connectivity index (χ4n) is 3.89. The average molecular weight is 429 g/mol. The molecule has 2 saturated heterocycles. The lowest BCUT2D eigenvalue weighted by molar-refractivity contribution is -0.140. The monoisotopic (exact) mass is 428 g/mol. The second-order valence-corrected chi connectivity index (χ2v) is 8.36. The van der Waals surface area contributed by atoms with E-state index in [-0.39, 0.29) is 11.3 Å². The number of nitrogens with zero attached hydrogens (tertiary/aromatic N) is 4. The van der Waals surface area contributed by atoms with E-state index in [1.807, 2.05) is 17.5 Å². The van der Waals surface area contributed by atoms with Crippen LogP contribution in [0.25, 0.3) is 5.76 Å². The zero-order valence-corrected chi connectivity index (χ0v) is 17.8. The Morgan fingerprint density at radius 2 is 2.03 bits per heavy atom. The Morgan fingerprint density at radius 1 is 1.27 bits per heavy atom. The standard InChI is InChI=1S/C21H24N4O4S/c1-13-15(12-22-14(2)23-13)19(26)17-18(16-4-3-11-30-16)25(21(28)20(17)27)6-5-24-7-9-29-10-8-24/h3-4,11-12,18,26H,5-10H2,1-2H3. The molecule has 4 heterocycles. The molecular weight excluding hydrogens is 404 g/mol. The van der Waals surface area contributed by atoms with Gasteiger partial charge in [0.25, 0.3) is 11.7 Å². The number of hydrogen-bond acceptors (Lipinski definition) is 8. The van der Waals surface area contributed by atoms with Gasteiger partial charge in [-0.3, -0.25) is 14.5 Å². The highest BCUT2D eigenvalue weighted by molar-refractivity contribution is 7.10. The van der Waals surface area contributed by atoms with Crippen molar-refractivity contribution in [3.63, 3.8) is 0 Å². The summed E-state index contributed by atoms with van der Waals surface area (Å²) in [4.78, 5) is 39.0. The van der Waals surface area contributed by atoms with E-state index in [1.54, 1.807) is 18.7 Å². The molecule has 2 aromatic heterocycles. The van der Waals surface area contributed by atoms with Gasteiger partial charge < -0.3 is 14.7 Å². The Hall–Kier alpha value is -2.62. The summed E-state index contributed by atoms with van der Waals surface area (Å²) in [5.74, 6) is -0.912. The van der Waals surface area contributed by atoms with Gasteiger partial charge in [0, 0.05) is 37.3 Å². The Kier molecular flexibility index (Phi) is 5.94. The van der Waals surface area contributed by atoms with E-state index in [0.29, 0.717) is 43.4 Å². The van der Waals surface area contributed by atoms with Crippen molar-refractivity contribution in [1.29, 1.82) is 0 Å². The molecule has 1 unspecified atom stereocenters. The topological polar surface area (TPSA) is 95.9 Å².